The second kappa shape index (κ2) is 8.14. The van der Waals surface area contributed by atoms with Crippen molar-refractivity contribution in [2.75, 3.05) is 13.1 Å². The fourth-order valence-electron chi connectivity index (χ4n) is 4.20. The first-order valence-corrected chi connectivity index (χ1v) is 7.92. The first-order chi connectivity index (χ1) is 9.85. The zero-order valence-corrected chi connectivity index (χ0v) is 12.1. The van der Waals surface area contributed by atoms with Crippen LogP contribution in [0.3, 0.4) is 0 Å². The van der Waals surface area contributed by atoms with Gasteiger partial charge in [-0.2, -0.15) is 0 Å². The lowest BCUT2D eigenvalue weighted by Gasteiger charge is -2.39. The maximum atomic E-state index is 10.3. The molecule has 0 aromatic carbocycles. The van der Waals surface area contributed by atoms with Gasteiger partial charge in [0, 0.05) is 0 Å². The number of carbonyl (C=O) groups excluding carboxylic acids is 2. The number of nitrogens with zero attached hydrogens (tertiary/aromatic N) is 2. The van der Waals surface area contributed by atoms with E-state index in [-0.39, 0.29) is 0 Å². The smallest absolute Gasteiger partial charge is 0.211 e. The SMILES string of the molecule is O=C=NCC1CCC(C2CCCCC2CN=C=O)CC1. The van der Waals surface area contributed by atoms with E-state index in [4.69, 9.17) is 0 Å². The Bertz CT molecular complexity index is 389. The van der Waals surface area contributed by atoms with Crippen LogP contribution >= 0.6 is 0 Å². The van der Waals surface area contributed by atoms with Crippen LogP contribution in [0.2, 0.25) is 0 Å². The molecule has 110 valence electrons. The van der Waals surface area contributed by atoms with E-state index in [2.05, 4.69) is 9.98 Å². The molecule has 0 aliphatic heterocycles. The predicted molar refractivity (Wildman–Crippen MR) is 76.9 cm³/mol. The van der Waals surface area contributed by atoms with E-state index < -0.39 is 0 Å². The van der Waals surface area contributed by atoms with Crippen LogP contribution in [0.1, 0.15) is 51.4 Å². The largest absolute Gasteiger partial charge is 0.234 e. The topological polar surface area (TPSA) is 58.9 Å². The first-order valence-electron chi connectivity index (χ1n) is 7.92. The Morgan fingerprint density at radius 3 is 2.15 bits per heavy atom. The van der Waals surface area contributed by atoms with Crippen molar-refractivity contribution in [3.63, 3.8) is 0 Å². The van der Waals surface area contributed by atoms with Gasteiger partial charge >= 0.3 is 0 Å². The molecule has 20 heavy (non-hydrogen) atoms. The van der Waals surface area contributed by atoms with Crippen molar-refractivity contribution < 1.29 is 9.59 Å². The Morgan fingerprint density at radius 1 is 0.800 bits per heavy atom. The highest BCUT2D eigenvalue weighted by atomic mass is 16.1. The van der Waals surface area contributed by atoms with Crippen molar-refractivity contribution in [3.8, 4) is 0 Å². The monoisotopic (exact) mass is 276 g/mol. The second-order valence-corrected chi connectivity index (χ2v) is 6.35. The molecule has 2 atom stereocenters. The summed E-state index contributed by atoms with van der Waals surface area (Å²) in [5, 5.41) is 0. The predicted octanol–water partition coefficient (Wildman–Crippen LogP) is 3.27. The molecule has 0 aromatic heterocycles. The minimum absolute atomic E-state index is 0.572. The van der Waals surface area contributed by atoms with E-state index in [0.717, 1.165) is 11.8 Å². The van der Waals surface area contributed by atoms with E-state index in [9.17, 15) is 9.59 Å². The van der Waals surface area contributed by atoms with Gasteiger partial charge in [-0.05, 0) is 62.2 Å². The molecule has 0 amide bonds. The summed E-state index contributed by atoms with van der Waals surface area (Å²) >= 11 is 0. The summed E-state index contributed by atoms with van der Waals surface area (Å²) < 4.78 is 0. The van der Waals surface area contributed by atoms with Crippen LogP contribution in [0.15, 0.2) is 9.98 Å². The Balaban J connectivity index is 1.86. The van der Waals surface area contributed by atoms with Gasteiger partial charge in [0.25, 0.3) is 0 Å². The van der Waals surface area contributed by atoms with Crippen LogP contribution in [0, 0.1) is 23.7 Å². The maximum Gasteiger partial charge on any atom is 0.234 e. The van der Waals surface area contributed by atoms with Crippen molar-refractivity contribution in [2.24, 2.45) is 33.7 Å². The van der Waals surface area contributed by atoms with Crippen molar-refractivity contribution in [1.82, 2.24) is 0 Å². The molecule has 0 saturated heterocycles. The number of hydrogen-bond donors (Lipinski definition) is 0. The Hall–Kier alpha value is -1.24. The van der Waals surface area contributed by atoms with Crippen LogP contribution in [-0.2, 0) is 9.59 Å². The normalized spacial score (nSPS) is 33.8. The number of rotatable bonds is 5. The van der Waals surface area contributed by atoms with E-state index in [1.165, 1.54) is 51.4 Å². The summed E-state index contributed by atoms with van der Waals surface area (Å²) in [6.07, 6.45) is 13.3. The average molecular weight is 276 g/mol. The minimum Gasteiger partial charge on any atom is -0.211 e. The second-order valence-electron chi connectivity index (χ2n) is 6.35. The average Bonchev–Trinajstić information content (AvgIpc) is 2.52. The van der Waals surface area contributed by atoms with Crippen LogP contribution in [-0.4, -0.2) is 25.2 Å². The molecule has 0 bridgehead atoms. The molecule has 0 aromatic rings. The standard InChI is InChI=1S/C16H24N2O2/c19-11-17-9-13-5-7-14(8-6-13)16-4-2-1-3-15(16)10-18-12-20/h13-16H,1-10H2. The molecule has 2 aliphatic rings. The highest BCUT2D eigenvalue weighted by molar-refractivity contribution is 5.33. The van der Waals surface area contributed by atoms with Gasteiger partial charge in [-0.3, -0.25) is 0 Å². The van der Waals surface area contributed by atoms with Crippen molar-refractivity contribution >= 4 is 12.2 Å². The van der Waals surface area contributed by atoms with Gasteiger partial charge in [-0.1, -0.05) is 12.8 Å². The molecule has 4 heteroatoms. The van der Waals surface area contributed by atoms with Gasteiger partial charge in [-0.25, -0.2) is 19.6 Å². The highest BCUT2D eigenvalue weighted by Gasteiger charge is 2.33. The molecule has 2 unspecified atom stereocenters. The molecule has 2 fully saturated rings. The number of isocyanates is 2. The maximum absolute atomic E-state index is 10.3. The van der Waals surface area contributed by atoms with Crippen LogP contribution in [0.5, 0.6) is 0 Å². The van der Waals surface area contributed by atoms with Gasteiger partial charge < -0.3 is 0 Å². The van der Waals surface area contributed by atoms with Gasteiger partial charge in [0.15, 0.2) is 0 Å². The summed E-state index contributed by atoms with van der Waals surface area (Å²) in [4.78, 5) is 28.1. The molecule has 0 spiro atoms. The van der Waals surface area contributed by atoms with Gasteiger partial charge in [0.05, 0.1) is 13.1 Å². The fraction of sp³-hybridized carbons (Fsp3) is 0.875. The molecule has 0 heterocycles. The summed E-state index contributed by atoms with van der Waals surface area (Å²) in [6, 6.07) is 0. The first kappa shape index (κ1) is 15.2. The lowest BCUT2D eigenvalue weighted by Crippen LogP contribution is -2.31. The molecule has 0 radical (unpaired) electrons. The molecule has 4 nitrogen and oxygen atoms in total. The molecule has 2 aliphatic carbocycles. The zero-order chi connectivity index (χ0) is 14.2. The summed E-state index contributed by atoms with van der Waals surface area (Å²) in [6.45, 7) is 1.32. The quantitative estimate of drug-likeness (QED) is 0.571. The number of aliphatic imine (C=N–C) groups is 2. The van der Waals surface area contributed by atoms with Crippen molar-refractivity contribution in [2.45, 2.75) is 51.4 Å². The highest BCUT2D eigenvalue weighted by Crippen LogP contribution is 2.42. The molecular weight excluding hydrogens is 252 g/mol. The zero-order valence-electron chi connectivity index (χ0n) is 12.1. The Morgan fingerprint density at radius 2 is 1.45 bits per heavy atom. The van der Waals surface area contributed by atoms with E-state index >= 15 is 0 Å². The van der Waals surface area contributed by atoms with Gasteiger partial charge in [-0.15, -0.1) is 0 Å². The molecular formula is C16H24N2O2. The third-order valence-corrected chi connectivity index (χ3v) is 5.27. The van der Waals surface area contributed by atoms with Crippen LogP contribution in [0.25, 0.3) is 0 Å². The number of hydrogen-bond acceptors (Lipinski definition) is 4. The Kier molecular flexibility index (Phi) is 6.17. The third-order valence-electron chi connectivity index (χ3n) is 5.27. The van der Waals surface area contributed by atoms with Gasteiger partial charge in [0.2, 0.25) is 12.2 Å². The van der Waals surface area contributed by atoms with Gasteiger partial charge in [0.1, 0.15) is 0 Å². The fourth-order valence-corrected chi connectivity index (χ4v) is 4.20. The lowest BCUT2D eigenvalue weighted by molar-refractivity contribution is 0.118. The minimum atomic E-state index is 0.572. The van der Waals surface area contributed by atoms with E-state index in [1.807, 2.05) is 0 Å². The van der Waals surface area contributed by atoms with Crippen molar-refractivity contribution in [1.29, 1.82) is 0 Å². The Labute approximate surface area is 120 Å². The molecule has 2 saturated carbocycles. The summed E-state index contributed by atoms with van der Waals surface area (Å²) in [7, 11) is 0. The van der Waals surface area contributed by atoms with Crippen LogP contribution in [0.4, 0.5) is 0 Å². The lowest BCUT2D eigenvalue weighted by atomic mass is 9.66. The van der Waals surface area contributed by atoms with Crippen LogP contribution < -0.4 is 0 Å². The molecule has 2 rings (SSSR count). The van der Waals surface area contributed by atoms with E-state index in [1.54, 1.807) is 12.2 Å². The summed E-state index contributed by atoms with van der Waals surface area (Å²) in [5.41, 5.74) is 0. The van der Waals surface area contributed by atoms with Crippen molar-refractivity contribution in [3.05, 3.63) is 0 Å². The third kappa shape index (κ3) is 4.13. The molecule has 0 N–H and O–H groups in total. The van der Waals surface area contributed by atoms with E-state index in [0.29, 0.717) is 24.9 Å². The summed E-state index contributed by atoms with van der Waals surface area (Å²) in [5.74, 6) is 2.66.